The predicted octanol–water partition coefficient (Wildman–Crippen LogP) is 2.51. The van der Waals surface area contributed by atoms with Gasteiger partial charge in [0.15, 0.2) is 0 Å². The fourth-order valence-electron chi connectivity index (χ4n) is 4.08. The van der Waals surface area contributed by atoms with Crippen LogP contribution in [0.1, 0.15) is 35.3 Å². The first-order valence-electron chi connectivity index (χ1n) is 8.29. The summed E-state index contributed by atoms with van der Waals surface area (Å²) < 4.78 is 1.87. The van der Waals surface area contributed by atoms with Crippen molar-refractivity contribution in [3.05, 3.63) is 34.7 Å². The van der Waals surface area contributed by atoms with Crippen molar-refractivity contribution in [3.63, 3.8) is 0 Å². The zero-order valence-corrected chi connectivity index (χ0v) is 14.0. The summed E-state index contributed by atoms with van der Waals surface area (Å²) in [5, 5.41) is 3.65. The van der Waals surface area contributed by atoms with Gasteiger partial charge >= 0.3 is 0 Å². The summed E-state index contributed by atoms with van der Waals surface area (Å²) in [6.45, 7) is 5.08. The summed E-state index contributed by atoms with van der Waals surface area (Å²) in [6, 6.07) is 2.36. The van der Waals surface area contributed by atoms with Gasteiger partial charge in [0, 0.05) is 30.7 Å². The molecule has 0 radical (unpaired) electrons. The molecule has 1 amide bonds. The Morgan fingerprint density at radius 1 is 1.43 bits per heavy atom. The SMILES string of the molecule is Cc1cnc2c(C(=O)NC[C@@H]3CCN4CCC[C@@H]34)cc(Cl)cn12. The Balaban J connectivity index is 1.51. The number of amides is 1. The van der Waals surface area contributed by atoms with Crippen LogP contribution in [0.3, 0.4) is 0 Å². The maximum atomic E-state index is 12.6. The van der Waals surface area contributed by atoms with E-state index in [2.05, 4.69) is 15.2 Å². The zero-order chi connectivity index (χ0) is 16.0. The first-order chi connectivity index (χ1) is 11.1. The van der Waals surface area contributed by atoms with Gasteiger partial charge in [0.25, 0.3) is 5.91 Å². The van der Waals surface area contributed by atoms with Crippen LogP contribution in [0.4, 0.5) is 0 Å². The van der Waals surface area contributed by atoms with Gasteiger partial charge in [-0.25, -0.2) is 4.98 Å². The van der Waals surface area contributed by atoms with Crippen LogP contribution in [0.2, 0.25) is 5.02 Å². The van der Waals surface area contributed by atoms with E-state index in [0.29, 0.717) is 28.2 Å². The minimum Gasteiger partial charge on any atom is -0.352 e. The maximum Gasteiger partial charge on any atom is 0.255 e. The summed E-state index contributed by atoms with van der Waals surface area (Å²) in [6.07, 6.45) is 7.29. The molecule has 4 rings (SSSR count). The number of hydrogen-bond acceptors (Lipinski definition) is 3. The summed E-state index contributed by atoms with van der Waals surface area (Å²) >= 11 is 6.16. The van der Waals surface area contributed by atoms with E-state index in [-0.39, 0.29) is 5.91 Å². The van der Waals surface area contributed by atoms with Gasteiger partial charge in [-0.15, -0.1) is 0 Å². The number of carbonyl (C=O) groups is 1. The molecular formula is C17H21ClN4O. The van der Waals surface area contributed by atoms with E-state index in [1.807, 2.05) is 11.3 Å². The molecule has 2 aliphatic heterocycles. The third-order valence-corrected chi connectivity index (χ3v) is 5.48. The largest absolute Gasteiger partial charge is 0.352 e. The standard InChI is InChI=1S/C17H21ClN4O/c1-11-8-19-16-14(7-13(18)10-22(11)16)17(23)20-9-12-4-6-21-5-2-3-15(12)21/h7-8,10,12,15H,2-6,9H2,1H3,(H,20,23)/t12-,15-/m0/s1. The van der Waals surface area contributed by atoms with Crippen LogP contribution in [-0.4, -0.2) is 45.9 Å². The van der Waals surface area contributed by atoms with E-state index in [0.717, 1.165) is 12.2 Å². The first kappa shape index (κ1) is 15.0. The van der Waals surface area contributed by atoms with Crippen molar-refractivity contribution in [1.29, 1.82) is 0 Å². The van der Waals surface area contributed by atoms with Crippen LogP contribution < -0.4 is 5.32 Å². The minimum absolute atomic E-state index is 0.0838. The molecule has 2 aliphatic rings. The van der Waals surface area contributed by atoms with E-state index in [4.69, 9.17) is 11.6 Å². The molecule has 6 heteroatoms. The van der Waals surface area contributed by atoms with Gasteiger partial charge in [0.05, 0.1) is 10.6 Å². The maximum absolute atomic E-state index is 12.6. The first-order valence-corrected chi connectivity index (χ1v) is 8.67. The van der Waals surface area contributed by atoms with Crippen molar-refractivity contribution in [2.45, 2.75) is 32.2 Å². The summed E-state index contributed by atoms with van der Waals surface area (Å²) in [7, 11) is 0. The second-order valence-electron chi connectivity index (χ2n) is 6.67. The number of carbonyl (C=O) groups excluding carboxylic acids is 1. The lowest BCUT2D eigenvalue weighted by Gasteiger charge is -2.20. The summed E-state index contributed by atoms with van der Waals surface area (Å²) in [5.74, 6) is 0.484. The number of rotatable bonds is 3. The fourth-order valence-corrected chi connectivity index (χ4v) is 4.29. The van der Waals surface area contributed by atoms with Crippen LogP contribution in [0, 0.1) is 12.8 Å². The highest BCUT2D eigenvalue weighted by Gasteiger charge is 2.37. The van der Waals surface area contributed by atoms with Crippen molar-refractivity contribution in [1.82, 2.24) is 19.6 Å². The van der Waals surface area contributed by atoms with Gasteiger partial charge in [-0.1, -0.05) is 11.6 Å². The van der Waals surface area contributed by atoms with Crippen molar-refractivity contribution in [3.8, 4) is 0 Å². The highest BCUT2D eigenvalue weighted by molar-refractivity contribution is 6.31. The van der Waals surface area contributed by atoms with Crippen molar-refractivity contribution < 1.29 is 4.79 Å². The van der Waals surface area contributed by atoms with Crippen molar-refractivity contribution in [2.24, 2.45) is 5.92 Å². The molecule has 122 valence electrons. The number of pyridine rings is 1. The number of imidazole rings is 1. The van der Waals surface area contributed by atoms with Crippen molar-refractivity contribution in [2.75, 3.05) is 19.6 Å². The van der Waals surface area contributed by atoms with Gasteiger partial charge in [-0.05, 0) is 51.3 Å². The van der Waals surface area contributed by atoms with Crippen LogP contribution in [-0.2, 0) is 0 Å². The Bertz CT molecular complexity index is 756. The molecule has 4 heterocycles. The van der Waals surface area contributed by atoms with Crippen LogP contribution in [0.25, 0.3) is 5.65 Å². The number of nitrogens with zero attached hydrogens (tertiary/aromatic N) is 3. The average molecular weight is 333 g/mol. The fraction of sp³-hybridized carbons (Fsp3) is 0.529. The predicted molar refractivity (Wildman–Crippen MR) is 90.0 cm³/mol. The number of hydrogen-bond donors (Lipinski definition) is 1. The molecule has 2 atom stereocenters. The van der Waals surface area contributed by atoms with Gasteiger partial charge in [-0.3, -0.25) is 4.79 Å². The molecule has 2 saturated heterocycles. The highest BCUT2D eigenvalue weighted by atomic mass is 35.5. The Kier molecular flexibility index (Phi) is 3.77. The van der Waals surface area contributed by atoms with Gasteiger partial charge in [-0.2, -0.15) is 0 Å². The summed E-state index contributed by atoms with van der Waals surface area (Å²) in [4.78, 5) is 19.5. The highest BCUT2D eigenvalue weighted by Crippen LogP contribution is 2.32. The molecule has 1 N–H and O–H groups in total. The van der Waals surface area contributed by atoms with Gasteiger partial charge < -0.3 is 14.6 Å². The molecule has 0 aliphatic carbocycles. The second kappa shape index (κ2) is 5.80. The number of halogens is 1. The molecule has 2 fully saturated rings. The molecular weight excluding hydrogens is 312 g/mol. The molecule has 2 aromatic rings. The molecule has 2 aromatic heterocycles. The lowest BCUT2D eigenvalue weighted by Crippen LogP contribution is -2.35. The van der Waals surface area contributed by atoms with E-state index in [1.165, 1.54) is 32.4 Å². The molecule has 0 bridgehead atoms. The zero-order valence-electron chi connectivity index (χ0n) is 13.3. The monoisotopic (exact) mass is 332 g/mol. The van der Waals surface area contributed by atoms with Gasteiger partial charge in [0.1, 0.15) is 5.65 Å². The molecule has 0 saturated carbocycles. The Morgan fingerprint density at radius 3 is 3.17 bits per heavy atom. The van der Waals surface area contributed by atoms with E-state index in [1.54, 1.807) is 18.5 Å². The van der Waals surface area contributed by atoms with Gasteiger partial charge in [0.2, 0.25) is 0 Å². The Labute approximate surface area is 140 Å². The van der Waals surface area contributed by atoms with Crippen LogP contribution in [0.15, 0.2) is 18.5 Å². The molecule has 0 unspecified atom stereocenters. The third-order valence-electron chi connectivity index (χ3n) is 5.27. The molecule has 0 spiro atoms. The quantitative estimate of drug-likeness (QED) is 0.939. The molecule has 5 nitrogen and oxygen atoms in total. The summed E-state index contributed by atoms with van der Waals surface area (Å²) in [5.41, 5.74) is 2.18. The molecule has 0 aromatic carbocycles. The topological polar surface area (TPSA) is 49.6 Å². The number of nitrogens with one attached hydrogen (secondary N) is 1. The number of aryl methyl sites for hydroxylation is 1. The van der Waals surface area contributed by atoms with Crippen LogP contribution in [0.5, 0.6) is 0 Å². The third kappa shape index (κ3) is 2.62. The second-order valence-corrected chi connectivity index (χ2v) is 7.11. The Morgan fingerprint density at radius 2 is 2.30 bits per heavy atom. The van der Waals surface area contributed by atoms with Crippen molar-refractivity contribution >= 4 is 23.2 Å². The average Bonchev–Trinajstić information content (AvgIpc) is 3.21. The lowest BCUT2D eigenvalue weighted by atomic mass is 9.98. The van der Waals surface area contributed by atoms with E-state index in [9.17, 15) is 4.79 Å². The van der Waals surface area contributed by atoms with Crippen LogP contribution >= 0.6 is 11.6 Å². The van der Waals surface area contributed by atoms with E-state index < -0.39 is 0 Å². The lowest BCUT2D eigenvalue weighted by molar-refractivity contribution is 0.0945. The normalized spacial score (nSPS) is 24.3. The number of aromatic nitrogens is 2. The molecule has 23 heavy (non-hydrogen) atoms. The Hall–Kier alpha value is -1.59. The smallest absolute Gasteiger partial charge is 0.255 e. The number of fused-ring (bicyclic) bond motifs is 2. The van der Waals surface area contributed by atoms with E-state index >= 15 is 0 Å². The minimum atomic E-state index is -0.0838.